The largest absolute Gasteiger partial charge is 0.261 e. The van der Waals surface area contributed by atoms with Gasteiger partial charge in [-0.1, -0.05) is 0 Å². The highest BCUT2D eigenvalue weighted by Crippen LogP contribution is 2.25. The Morgan fingerprint density at radius 1 is 1.47 bits per heavy atom. The molecule has 0 atom stereocenters. The van der Waals surface area contributed by atoms with E-state index in [2.05, 4.69) is 15.4 Å². The summed E-state index contributed by atoms with van der Waals surface area (Å²) >= 11 is 2.78. The second kappa shape index (κ2) is 6.45. The van der Waals surface area contributed by atoms with Crippen molar-refractivity contribution in [1.29, 1.82) is 5.26 Å². The molecule has 0 amide bonds. The van der Waals surface area contributed by atoms with Crippen molar-refractivity contribution >= 4 is 35.2 Å². The highest BCUT2D eigenvalue weighted by atomic mass is 32.2. The van der Waals surface area contributed by atoms with Crippen molar-refractivity contribution < 1.29 is 4.39 Å². The first kappa shape index (κ1) is 13.7. The van der Waals surface area contributed by atoms with Gasteiger partial charge < -0.3 is 0 Å². The Kier molecular flexibility index (Phi) is 4.66. The summed E-state index contributed by atoms with van der Waals surface area (Å²) in [6.07, 6.45) is 4.16. The Bertz CT molecular complexity index is 626. The number of aliphatic imine (C=N–C) groups is 1. The number of thioether (sulfide) groups is 1. The lowest BCUT2D eigenvalue weighted by Crippen LogP contribution is -1.86. The van der Waals surface area contributed by atoms with E-state index in [0.717, 1.165) is 9.90 Å². The molecule has 0 N–H and O–H groups in total. The van der Waals surface area contributed by atoms with Gasteiger partial charge in [0.2, 0.25) is 0 Å². The Labute approximate surface area is 119 Å². The second-order valence-corrected chi connectivity index (χ2v) is 5.25. The van der Waals surface area contributed by atoms with E-state index in [9.17, 15) is 4.39 Å². The van der Waals surface area contributed by atoms with Gasteiger partial charge in [-0.15, -0.1) is 11.8 Å². The third kappa shape index (κ3) is 3.40. The maximum Gasteiger partial charge on any atom is 0.128 e. The Morgan fingerprint density at radius 2 is 2.21 bits per heavy atom. The van der Waals surface area contributed by atoms with Crippen LogP contribution in [-0.2, 0) is 6.42 Å². The summed E-state index contributed by atoms with van der Waals surface area (Å²) in [5.74, 6) is -0.280. The minimum atomic E-state index is -0.280. The number of hydrogen-bond acceptors (Lipinski definition) is 5. The molecule has 0 fully saturated rings. The van der Waals surface area contributed by atoms with Gasteiger partial charge in [0, 0.05) is 17.5 Å². The molecule has 0 bridgehead atoms. The third-order valence-electron chi connectivity index (χ3n) is 2.38. The SMILES string of the molecule is CSc1nsc(CC=Nc2ccc(F)cc2)c1C#N. The third-order valence-corrected chi connectivity index (χ3v) is 4.04. The lowest BCUT2D eigenvalue weighted by Gasteiger charge is -1.94. The van der Waals surface area contributed by atoms with Crippen LogP contribution in [0.4, 0.5) is 10.1 Å². The number of nitriles is 1. The fourth-order valence-corrected chi connectivity index (χ4v) is 2.97. The smallest absolute Gasteiger partial charge is 0.128 e. The van der Waals surface area contributed by atoms with Crippen LogP contribution in [0.1, 0.15) is 10.4 Å². The molecule has 0 saturated carbocycles. The van der Waals surface area contributed by atoms with Gasteiger partial charge in [0.15, 0.2) is 0 Å². The van der Waals surface area contributed by atoms with E-state index in [4.69, 9.17) is 5.26 Å². The molecule has 1 aromatic carbocycles. The van der Waals surface area contributed by atoms with Crippen molar-refractivity contribution in [3.63, 3.8) is 0 Å². The van der Waals surface area contributed by atoms with E-state index in [-0.39, 0.29) is 5.82 Å². The summed E-state index contributed by atoms with van der Waals surface area (Å²) in [6.45, 7) is 0. The molecule has 6 heteroatoms. The molecule has 0 unspecified atom stereocenters. The van der Waals surface area contributed by atoms with Gasteiger partial charge in [-0.25, -0.2) is 4.39 Å². The molecule has 0 spiro atoms. The zero-order valence-electron chi connectivity index (χ0n) is 10.1. The summed E-state index contributed by atoms with van der Waals surface area (Å²) in [5, 5.41) is 9.85. The molecule has 0 saturated heterocycles. The molecule has 0 aliphatic rings. The number of rotatable bonds is 4. The molecule has 96 valence electrons. The van der Waals surface area contributed by atoms with Crippen LogP contribution in [0.3, 0.4) is 0 Å². The first-order valence-electron chi connectivity index (χ1n) is 5.45. The van der Waals surface area contributed by atoms with E-state index in [1.54, 1.807) is 18.3 Å². The zero-order valence-corrected chi connectivity index (χ0v) is 11.8. The van der Waals surface area contributed by atoms with Gasteiger partial charge in [0.05, 0.1) is 5.69 Å². The standard InChI is InChI=1S/C13H10FN3S2/c1-18-13-11(8-15)12(19-17-13)6-7-16-10-4-2-9(14)3-5-10/h2-5,7H,6H2,1H3. The van der Waals surface area contributed by atoms with Gasteiger partial charge in [0.25, 0.3) is 0 Å². The van der Waals surface area contributed by atoms with Crippen molar-refractivity contribution in [2.45, 2.75) is 11.4 Å². The molecular weight excluding hydrogens is 281 g/mol. The Balaban J connectivity index is 2.08. The van der Waals surface area contributed by atoms with Crippen LogP contribution >= 0.6 is 23.3 Å². The minimum Gasteiger partial charge on any atom is -0.261 e. The summed E-state index contributed by atoms with van der Waals surface area (Å²) in [5.41, 5.74) is 1.32. The van der Waals surface area contributed by atoms with Gasteiger partial charge in [-0.2, -0.15) is 9.64 Å². The van der Waals surface area contributed by atoms with Crippen molar-refractivity contribution in [3.05, 3.63) is 40.5 Å². The highest BCUT2D eigenvalue weighted by Gasteiger charge is 2.11. The number of aromatic nitrogens is 1. The Hall–Kier alpha value is -1.71. The van der Waals surface area contributed by atoms with E-state index in [1.807, 2.05) is 6.26 Å². The van der Waals surface area contributed by atoms with Crippen LogP contribution in [0.2, 0.25) is 0 Å². The van der Waals surface area contributed by atoms with Crippen LogP contribution in [0, 0.1) is 17.1 Å². The van der Waals surface area contributed by atoms with Crippen LogP contribution in [-0.4, -0.2) is 16.8 Å². The molecular formula is C13H10FN3S2. The summed E-state index contributed by atoms with van der Waals surface area (Å²) in [7, 11) is 0. The van der Waals surface area contributed by atoms with E-state index < -0.39 is 0 Å². The fourth-order valence-electron chi connectivity index (χ4n) is 1.46. The minimum absolute atomic E-state index is 0.280. The quantitative estimate of drug-likeness (QED) is 0.635. The van der Waals surface area contributed by atoms with Gasteiger partial charge in [-0.3, -0.25) is 4.99 Å². The highest BCUT2D eigenvalue weighted by molar-refractivity contribution is 7.98. The van der Waals surface area contributed by atoms with Gasteiger partial charge in [-0.05, 0) is 42.1 Å². The van der Waals surface area contributed by atoms with Gasteiger partial charge in [0.1, 0.15) is 22.5 Å². The molecule has 0 aliphatic carbocycles. The van der Waals surface area contributed by atoms with Crippen molar-refractivity contribution in [2.75, 3.05) is 6.26 Å². The number of hydrogen-bond donors (Lipinski definition) is 0. The lowest BCUT2D eigenvalue weighted by molar-refractivity contribution is 0.628. The predicted molar refractivity (Wildman–Crippen MR) is 76.9 cm³/mol. The van der Waals surface area contributed by atoms with Crippen LogP contribution in [0.25, 0.3) is 0 Å². The summed E-state index contributed by atoms with van der Waals surface area (Å²) in [6, 6.07) is 8.12. The monoisotopic (exact) mass is 291 g/mol. The predicted octanol–water partition coefficient (Wildman–Crippen LogP) is 3.82. The van der Waals surface area contributed by atoms with Gasteiger partial charge >= 0.3 is 0 Å². The van der Waals surface area contributed by atoms with E-state index >= 15 is 0 Å². The van der Waals surface area contributed by atoms with E-state index in [0.29, 0.717) is 17.7 Å². The van der Waals surface area contributed by atoms with Crippen LogP contribution in [0.5, 0.6) is 0 Å². The van der Waals surface area contributed by atoms with Crippen LogP contribution < -0.4 is 0 Å². The number of benzene rings is 1. The first-order valence-corrected chi connectivity index (χ1v) is 7.45. The van der Waals surface area contributed by atoms with E-state index in [1.165, 1.54) is 35.4 Å². The number of nitrogens with zero attached hydrogens (tertiary/aromatic N) is 3. The second-order valence-electron chi connectivity index (χ2n) is 3.59. The molecule has 2 aromatic rings. The topological polar surface area (TPSA) is 49.0 Å². The van der Waals surface area contributed by atoms with Crippen molar-refractivity contribution in [1.82, 2.24) is 4.37 Å². The fraction of sp³-hybridized carbons (Fsp3) is 0.154. The average Bonchev–Trinajstić information content (AvgIpc) is 2.83. The zero-order chi connectivity index (χ0) is 13.7. The maximum atomic E-state index is 12.7. The molecule has 3 nitrogen and oxygen atoms in total. The summed E-state index contributed by atoms with van der Waals surface area (Å²) < 4.78 is 16.9. The molecule has 19 heavy (non-hydrogen) atoms. The maximum absolute atomic E-state index is 12.7. The molecule has 0 aliphatic heterocycles. The average molecular weight is 291 g/mol. The Morgan fingerprint density at radius 3 is 2.84 bits per heavy atom. The number of halogens is 1. The molecule has 2 rings (SSSR count). The first-order chi connectivity index (χ1) is 9.24. The van der Waals surface area contributed by atoms with Crippen LogP contribution in [0.15, 0.2) is 34.3 Å². The van der Waals surface area contributed by atoms with Crippen molar-refractivity contribution in [3.8, 4) is 6.07 Å². The molecule has 1 aromatic heterocycles. The molecule has 1 heterocycles. The summed E-state index contributed by atoms with van der Waals surface area (Å²) in [4.78, 5) is 5.12. The van der Waals surface area contributed by atoms with Crippen molar-refractivity contribution in [2.24, 2.45) is 4.99 Å². The lowest BCUT2D eigenvalue weighted by atomic mass is 10.2. The normalized spacial score (nSPS) is 10.8. The molecule has 0 radical (unpaired) electrons.